The van der Waals surface area contributed by atoms with Gasteiger partial charge in [-0.05, 0) is 131 Å². The van der Waals surface area contributed by atoms with E-state index >= 15 is 0 Å². The minimum absolute atomic E-state index is 0.881. The van der Waals surface area contributed by atoms with Crippen molar-refractivity contribution in [3.8, 4) is 39.1 Å². The monoisotopic (exact) mass is 601 g/mol. The van der Waals surface area contributed by atoms with E-state index in [0.717, 1.165) is 16.7 Å². The van der Waals surface area contributed by atoms with Crippen LogP contribution < -0.4 is 5.46 Å². The average molecular weight is 602 g/mol. The molecule has 0 fully saturated rings. The Balaban J connectivity index is 1.56. The number of para-hydroxylation sites is 1. The highest BCUT2D eigenvalue weighted by molar-refractivity contribution is 6.35. The van der Waals surface area contributed by atoms with Crippen LogP contribution in [-0.2, 0) is 0 Å². The summed E-state index contributed by atoms with van der Waals surface area (Å²) in [5.74, 6) is 0. The molecule has 0 aliphatic heterocycles. The Labute approximate surface area is 278 Å². The van der Waals surface area contributed by atoms with Crippen molar-refractivity contribution in [2.24, 2.45) is 0 Å². The van der Waals surface area contributed by atoms with Crippen LogP contribution in [0.3, 0.4) is 0 Å². The maximum atomic E-state index is 6.85. The number of aryl methyl sites for hydroxylation is 1. The Morgan fingerprint density at radius 1 is 0.447 bits per heavy atom. The highest BCUT2D eigenvalue weighted by Gasteiger charge is 2.24. The van der Waals surface area contributed by atoms with E-state index in [-0.39, 0.29) is 0 Å². The van der Waals surface area contributed by atoms with Crippen LogP contribution in [-0.4, -0.2) is 12.4 Å². The van der Waals surface area contributed by atoms with Crippen molar-refractivity contribution >= 4 is 45.9 Å². The number of fused-ring (bicyclic) bond motifs is 4. The lowest BCUT2D eigenvalue weighted by Crippen LogP contribution is -2.17. The first-order valence-corrected chi connectivity index (χ1v) is 16.4. The number of nitrogens with zero attached hydrogens (tertiary/aromatic N) is 1. The molecule has 1 aromatic heterocycles. The van der Waals surface area contributed by atoms with Crippen LogP contribution in [0.1, 0.15) is 27.8 Å². The SMILES string of the molecule is [B]c1c(C)c(C)c(C)c(-c2c(-c3ccc4ccccc4c3)cc3c(c2C)c2ccc(-c4ccccc4)cc2n3-c2ccccc2)c1C. The minimum atomic E-state index is 0.881. The molecule has 0 saturated heterocycles. The van der Waals surface area contributed by atoms with Crippen LogP contribution >= 0.6 is 0 Å². The van der Waals surface area contributed by atoms with Gasteiger partial charge in [0.2, 0.25) is 0 Å². The minimum Gasteiger partial charge on any atom is -0.309 e. The molecule has 2 radical (unpaired) electrons. The van der Waals surface area contributed by atoms with Crippen molar-refractivity contribution < 1.29 is 0 Å². The van der Waals surface area contributed by atoms with Gasteiger partial charge < -0.3 is 4.57 Å². The maximum absolute atomic E-state index is 6.85. The zero-order valence-corrected chi connectivity index (χ0v) is 27.6. The zero-order chi connectivity index (χ0) is 32.4. The third-order valence-electron chi connectivity index (χ3n) is 10.4. The van der Waals surface area contributed by atoms with Crippen LogP contribution in [0.25, 0.3) is 71.6 Å². The molecule has 0 saturated carbocycles. The summed E-state index contributed by atoms with van der Waals surface area (Å²) in [6.45, 7) is 11.1. The Morgan fingerprint density at radius 3 is 1.85 bits per heavy atom. The largest absolute Gasteiger partial charge is 0.309 e. The summed E-state index contributed by atoms with van der Waals surface area (Å²) >= 11 is 0. The van der Waals surface area contributed by atoms with Crippen LogP contribution in [0.4, 0.5) is 0 Å². The molecule has 1 heterocycles. The smallest absolute Gasteiger partial charge is 0.114 e. The standard InChI is InChI=1S/C45H36BN/c1-27-28(2)42(31(5)45(46)29(27)3)44-30(4)43-38-23-22-35(32-14-8-6-9-15-32)25-40(38)47(37-18-10-7-11-19-37)41(43)26-39(44)36-21-20-33-16-12-13-17-34(33)24-36/h6-26H,1-5H3. The molecule has 7 aromatic carbocycles. The summed E-state index contributed by atoms with van der Waals surface area (Å²) < 4.78 is 2.45. The van der Waals surface area contributed by atoms with Gasteiger partial charge in [0.05, 0.1) is 11.0 Å². The normalized spacial score (nSPS) is 11.6. The summed E-state index contributed by atoms with van der Waals surface area (Å²) in [5.41, 5.74) is 17.9. The molecule has 8 rings (SSSR count). The molecule has 0 aliphatic rings. The molecule has 0 atom stereocenters. The van der Waals surface area contributed by atoms with Gasteiger partial charge in [-0.15, -0.1) is 0 Å². The molecule has 0 N–H and O–H groups in total. The Hall–Kier alpha value is -5.34. The lowest BCUT2D eigenvalue weighted by Gasteiger charge is -2.24. The molecule has 0 bridgehead atoms. The van der Waals surface area contributed by atoms with E-state index in [2.05, 4.69) is 167 Å². The van der Waals surface area contributed by atoms with Crippen LogP contribution in [0.2, 0.25) is 0 Å². The third kappa shape index (κ3) is 4.54. The van der Waals surface area contributed by atoms with Crippen molar-refractivity contribution in [2.45, 2.75) is 34.6 Å². The van der Waals surface area contributed by atoms with E-state index in [1.54, 1.807) is 0 Å². The number of hydrogen-bond donors (Lipinski definition) is 0. The van der Waals surface area contributed by atoms with E-state index in [1.807, 2.05) is 0 Å². The maximum Gasteiger partial charge on any atom is 0.114 e. The van der Waals surface area contributed by atoms with E-state index < -0.39 is 0 Å². The lowest BCUT2D eigenvalue weighted by molar-refractivity contribution is 1.18. The van der Waals surface area contributed by atoms with E-state index in [9.17, 15) is 0 Å². The second kappa shape index (κ2) is 11.2. The van der Waals surface area contributed by atoms with E-state index in [0.29, 0.717) is 0 Å². The molecule has 47 heavy (non-hydrogen) atoms. The molecule has 0 unspecified atom stereocenters. The number of benzene rings is 7. The summed E-state index contributed by atoms with van der Waals surface area (Å²) in [5, 5.41) is 5.00. The summed E-state index contributed by atoms with van der Waals surface area (Å²) in [6.07, 6.45) is 0. The first kappa shape index (κ1) is 29.1. The lowest BCUT2D eigenvalue weighted by atomic mass is 9.76. The fourth-order valence-electron chi connectivity index (χ4n) is 7.69. The second-order valence-electron chi connectivity index (χ2n) is 12.9. The fourth-order valence-corrected chi connectivity index (χ4v) is 7.69. The summed E-state index contributed by atoms with van der Waals surface area (Å²) in [4.78, 5) is 0. The van der Waals surface area contributed by atoms with Crippen molar-refractivity contribution in [3.05, 3.63) is 155 Å². The summed E-state index contributed by atoms with van der Waals surface area (Å²) in [6, 6.07) is 46.3. The quantitative estimate of drug-likeness (QED) is 0.177. The predicted molar refractivity (Wildman–Crippen MR) is 204 cm³/mol. The van der Waals surface area contributed by atoms with Crippen molar-refractivity contribution in [1.29, 1.82) is 0 Å². The molecule has 0 aliphatic carbocycles. The molecular weight excluding hydrogens is 565 g/mol. The van der Waals surface area contributed by atoms with Gasteiger partial charge in [-0.25, -0.2) is 0 Å². The van der Waals surface area contributed by atoms with Crippen molar-refractivity contribution in [1.82, 2.24) is 4.57 Å². The van der Waals surface area contributed by atoms with E-state index in [4.69, 9.17) is 7.85 Å². The van der Waals surface area contributed by atoms with E-state index in [1.165, 1.54) is 88.2 Å². The Kier molecular flexibility index (Phi) is 6.92. The van der Waals surface area contributed by atoms with Gasteiger partial charge >= 0.3 is 0 Å². The van der Waals surface area contributed by atoms with Crippen molar-refractivity contribution in [3.63, 3.8) is 0 Å². The fraction of sp³-hybridized carbons (Fsp3) is 0.111. The van der Waals surface area contributed by atoms with Gasteiger partial charge in [0, 0.05) is 16.5 Å². The van der Waals surface area contributed by atoms with Gasteiger partial charge in [0.25, 0.3) is 0 Å². The number of rotatable bonds is 4. The van der Waals surface area contributed by atoms with Crippen LogP contribution in [0.15, 0.2) is 127 Å². The molecule has 224 valence electrons. The van der Waals surface area contributed by atoms with Crippen molar-refractivity contribution in [2.75, 3.05) is 0 Å². The molecule has 0 amide bonds. The van der Waals surface area contributed by atoms with Gasteiger partial charge in [-0.2, -0.15) is 0 Å². The highest BCUT2D eigenvalue weighted by atomic mass is 15.0. The number of hydrogen-bond acceptors (Lipinski definition) is 0. The van der Waals surface area contributed by atoms with Crippen LogP contribution in [0, 0.1) is 34.6 Å². The Bertz CT molecular complexity index is 2470. The van der Waals surface area contributed by atoms with Gasteiger partial charge in [-0.3, -0.25) is 0 Å². The molecule has 1 nitrogen and oxygen atoms in total. The van der Waals surface area contributed by atoms with Gasteiger partial charge in [0.1, 0.15) is 7.85 Å². The van der Waals surface area contributed by atoms with Gasteiger partial charge in [0.15, 0.2) is 0 Å². The van der Waals surface area contributed by atoms with Crippen LogP contribution in [0.5, 0.6) is 0 Å². The van der Waals surface area contributed by atoms with Gasteiger partial charge in [-0.1, -0.05) is 108 Å². The Morgan fingerprint density at radius 2 is 1.11 bits per heavy atom. The molecule has 2 heteroatoms. The molecular formula is C45H36BN. The zero-order valence-electron chi connectivity index (χ0n) is 27.6. The first-order valence-electron chi connectivity index (χ1n) is 16.4. The third-order valence-corrected chi connectivity index (χ3v) is 10.4. The average Bonchev–Trinajstić information content (AvgIpc) is 3.45. The predicted octanol–water partition coefficient (Wildman–Crippen LogP) is 11.3. The first-order chi connectivity index (χ1) is 22.8. The summed E-state index contributed by atoms with van der Waals surface area (Å²) in [7, 11) is 6.85. The molecule has 8 aromatic rings. The number of aromatic nitrogens is 1. The second-order valence-corrected chi connectivity index (χ2v) is 12.9. The highest BCUT2D eigenvalue weighted by Crippen LogP contribution is 2.46. The topological polar surface area (TPSA) is 4.93 Å². The molecule has 0 spiro atoms.